The molecule has 2 aromatic carbocycles. The molecular formula is C24H25N3O4S. The molecule has 166 valence electrons. The lowest BCUT2D eigenvalue weighted by atomic mass is 9.85. The Kier molecular flexibility index (Phi) is 6.41. The predicted molar refractivity (Wildman–Crippen MR) is 126 cm³/mol. The van der Waals surface area contributed by atoms with Crippen LogP contribution in [0.1, 0.15) is 36.4 Å². The Labute approximate surface area is 192 Å². The Balaban J connectivity index is 1.49. The van der Waals surface area contributed by atoms with Crippen molar-refractivity contribution in [2.45, 2.75) is 32.2 Å². The Morgan fingerprint density at radius 1 is 1.16 bits per heavy atom. The summed E-state index contributed by atoms with van der Waals surface area (Å²) >= 11 is 5.34. The molecule has 2 aromatic rings. The normalized spacial score (nSPS) is 17.8. The molecule has 1 atom stereocenters. The number of ether oxygens (including phenoxy) is 2. The lowest BCUT2D eigenvalue weighted by Crippen LogP contribution is -2.46. The van der Waals surface area contributed by atoms with Crippen LogP contribution in [0.4, 0.5) is 5.69 Å². The maximum Gasteiger partial charge on any atom is 0.262 e. The maximum absolute atomic E-state index is 12.6. The number of hydrogen-bond donors (Lipinski definition) is 3. The van der Waals surface area contributed by atoms with Crippen LogP contribution in [0.2, 0.25) is 0 Å². The van der Waals surface area contributed by atoms with E-state index in [0.717, 1.165) is 35.2 Å². The fourth-order valence-corrected chi connectivity index (χ4v) is 4.16. The quantitative estimate of drug-likeness (QED) is 0.579. The van der Waals surface area contributed by atoms with Gasteiger partial charge in [-0.15, -0.1) is 0 Å². The molecule has 1 aliphatic heterocycles. The fourth-order valence-electron chi connectivity index (χ4n) is 3.92. The van der Waals surface area contributed by atoms with Crippen LogP contribution < -0.4 is 25.4 Å². The number of carbonyl (C=O) groups is 2. The van der Waals surface area contributed by atoms with Crippen molar-refractivity contribution in [3.63, 3.8) is 0 Å². The van der Waals surface area contributed by atoms with Gasteiger partial charge in [-0.25, -0.2) is 0 Å². The van der Waals surface area contributed by atoms with Crippen LogP contribution in [0.3, 0.4) is 0 Å². The first kappa shape index (κ1) is 21.8. The summed E-state index contributed by atoms with van der Waals surface area (Å²) in [7, 11) is 1.54. The maximum atomic E-state index is 12.6. The summed E-state index contributed by atoms with van der Waals surface area (Å²) in [6.45, 7) is 1.83. The summed E-state index contributed by atoms with van der Waals surface area (Å²) in [6, 6.07) is 12.6. The molecular weight excluding hydrogens is 426 g/mol. The lowest BCUT2D eigenvalue weighted by Gasteiger charge is -2.34. The topological polar surface area (TPSA) is 88.7 Å². The largest absolute Gasteiger partial charge is 0.493 e. The second-order valence-corrected chi connectivity index (χ2v) is 8.22. The second kappa shape index (κ2) is 9.40. The van der Waals surface area contributed by atoms with Crippen LogP contribution >= 0.6 is 12.2 Å². The Morgan fingerprint density at radius 3 is 2.69 bits per heavy atom. The Morgan fingerprint density at radius 2 is 1.94 bits per heavy atom. The van der Waals surface area contributed by atoms with Crippen LogP contribution in [0.5, 0.6) is 11.5 Å². The summed E-state index contributed by atoms with van der Waals surface area (Å²) in [4.78, 5) is 24.9. The number of thiocarbonyl (C=S) groups is 1. The highest BCUT2D eigenvalue weighted by molar-refractivity contribution is 7.80. The molecule has 4 rings (SSSR count). The van der Waals surface area contributed by atoms with Crippen LogP contribution in [-0.4, -0.2) is 30.5 Å². The average Bonchev–Trinajstić information content (AvgIpc) is 2.78. The highest BCUT2D eigenvalue weighted by Crippen LogP contribution is 2.37. The van der Waals surface area contributed by atoms with E-state index in [-0.39, 0.29) is 24.3 Å². The molecule has 0 radical (unpaired) electrons. The number of nitrogens with one attached hydrogen (secondary N) is 3. The lowest BCUT2D eigenvalue weighted by molar-refractivity contribution is -0.118. The van der Waals surface area contributed by atoms with E-state index in [0.29, 0.717) is 28.7 Å². The number of rotatable bonds is 6. The van der Waals surface area contributed by atoms with Gasteiger partial charge in [-0.2, -0.15) is 0 Å². The number of carbonyl (C=O) groups excluding carboxylic acids is 2. The number of hydrogen-bond acceptors (Lipinski definition) is 5. The van der Waals surface area contributed by atoms with E-state index in [4.69, 9.17) is 21.7 Å². The van der Waals surface area contributed by atoms with E-state index in [2.05, 4.69) is 16.0 Å². The third kappa shape index (κ3) is 4.75. The van der Waals surface area contributed by atoms with Crippen LogP contribution in [0.15, 0.2) is 53.7 Å². The van der Waals surface area contributed by atoms with Crippen molar-refractivity contribution < 1.29 is 19.1 Å². The predicted octanol–water partition coefficient (Wildman–Crippen LogP) is 3.55. The van der Waals surface area contributed by atoms with Crippen molar-refractivity contribution in [2.24, 2.45) is 0 Å². The molecule has 2 aliphatic rings. The smallest absolute Gasteiger partial charge is 0.262 e. The molecule has 0 spiro atoms. The summed E-state index contributed by atoms with van der Waals surface area (Å²) in [6.07, 6.45) is 2.15. The molecule has 1 amide bonds. The summed E-state index contributed by atoms with van der Waals surface area (Å²) < 4.78 is 11.2. The van der Waals surface area contributed by atoms with E-state index < -0.39 is 0 Å². The molecule has 3 N–H and O–H groups in total. The first-order chi connectivity index (χ1) is 15.4. The summed E-state index contributed by atoms with van der Waals surface area (Å²) in [5, 5.41) is 9.62. The highest BCUT2D eigenvalue weighted by Gasteiger charge is 2.33. The molecule has 0 saturated heterocycles. The molecule has 0 fully saturated rings. The zero-order valence-electron chi connectivity index (χ0n) is 18.0. The number of methoxy groups -OCH3 is 1. The molecule has 7 nitrogen and oxygen atoms in total. The molecule has 1 aliphatic carbocycles. The van der Waals surface area contributed by atoms with Gasteiger partial charge in [-0.05, 0) is 61.8 Å². The fraction of sp³-hybridized carbons (Fsp3) is 0.292. The van der Waals surface area contributed by atoms with Gasteiger partial charge < -0.3 is 25.4 Å². The zero-order chi connectivity index (χ0) is 22.7. The van der Waals surface area contributed by atoms with Crippen molar-refractivity contribution in [3.05, 3.63) is 64.9 Å². The molecule has 32 heavy (non-hydrogen) atoms. The van der Waals surface area contributed by atoms with Crippen LogP contribution in [0, 0.1) is 6.92 Å². The molecule has 8 heteroatoms. The van der Waals surface area contributed by atoms with Crippen LogP contribution in [-0.2, 0) is 9.59 Å². The first-order valence-electron chi connectivity index (χ1n) is 10.5. The minimum atomic E-state index is -0.348. The molecule has 0 saturated carbocycles. The van der Waals surface area contributed by atoms with Crippen molar-refractivity contribution in [3.8, 4) is 11.5 Å². The van der Waals surface area contributed by atoms with Crippen molar-refractivity contribution in [2.75, 3.05) is 19.0 Å². The number of Topliss-reactive ketones (excluding diaryl/α,β-unsaturated/α-hetero) is 1. The van der Waals surface area contributed by atoms with Gasteiger partial charge in [0.25, 0.3) is 5.91 Å². The van der Waals surface area contributed by atoms with E-state index in [1.165, 1.54) is 7.11 Å². The first-order valence-corrected chi connectivity index (χ1v) is 10.9. The van der Waals surface area contributed by atoms with Gasteiger partial charge in [0.2, 0.25) is 0 Å². The summed E-state index contributed by atoms with van der Waals surface area (Å²) in [5.41, 5.74) is 4.27. The molecule has 0 bridgehead atoms. The van der Waals surface area contributed by atoms with Gasteiger partial charge in [-0.3, -0.25) is 9.59 Å². The third-order valence-corrected chi connectivity index (χ3v) is 5.72. The number of ketones is 1. The number of anilines is 1. The Hall–Kier alpha value is -3.39. The van der Waals surface area contributed by atoms with E-state index in [9.17, 15) is 9.59 Å². The minimum absolute atomic E-state index is 0.117. The van der Waals surface area contributed by atoms with Gasteiger partial charge in [0.1, 0.15) is 0 Å². The van der Waals surface area contributed by atoms with Gasteiger partial charge >= 0.3 is 0 Å². The number of aryl methyl sites for hydroxylation is 1. The van der Waals surface area contributed by atoms with E-state index >= 15 is 0 Å². The standard InChI is InChI=1S/C24H25N3O4S/c1-14-6-9-16(10-7-14)25-21(29)13-31-19-11-8-15(12-20(19)30-2)23-22-17(26-24(32)27-23)4-3-5-18(22)28/h6-12,23H,3-5,13H2,1-2H3,(H,25,29)(H2,26,27,32). The second-order valence-electron chi connectivity index (χ2n) is 7.81. The van der Waals surface area contributed by atoms with E-state index in [1.807, 2.05) is 43.3 Å². The van der Waals surface area contributed by atoms with Crippen molar-refractivity contribution in [1.82, 2.24) is 10.6 Å². The van der Waals surface area contributed by atoms with Crippen LogP contribution in [0.25, 0.3) is 0 Å². The van der Waals surface area contributed by atoms with E-state index in [1.54, 1.807) is 6.07 Å². The zero-order valence-corrected chi connectivity index (χ0v) is 18.8. The van der Waals surface area contributed by atoms with Crippen molar-refractivity contribution in [1.29, 1.82) is 0 Å². The van der Waals surface area contributed by atoms with Gasteiger partial charge in [0, 0.05) is 23.4 Å². The van der Waals surface area contributed by atoms with Gasteiger partial charge in [0.15, 0.2) is 29.0 Å². The monoisotopic (exact) mass is 451 g/mol. The van der Waals surface area contributed by atoms with Gasteiger partial charge in [0.05, 0.1) is 13.2 Å². The Bertz CT molecular complexity index is 1090. The number of allylic oxidation sites excluding steroid dienone is 1. The van der Waals surface area contributed by atoms with Gasteiger partial charge in [-0.1, -0.05) is 23.8 Å². The molecule has 1 heterocycles. The SMILES string of the molecule is COc1cc(C2NC(=S)NC3=C2C(=O)CCC3)ccc1OCC(=O)Nc1ccc(C)cc1. The summed E-state index contributed by atoms with van der Waals surface area (Å²) in [5.74, 6) is 0.761. The molecule has 0 aromatic heterocycles. The third-order valence-electron chi connectivity index (χ3n) is 5.50. The average molecular weight is 452 g/mol. The minimum Gasteiger partial charge on any atom is -0.493 e. The molecule has 1 unspecified atom stereocenters. The number of amides is 1. The highest BCUT2D eigenvalue weighted by atomic mass is 32.1. The number of benzene rings is 2. The van der Waals surface area contributed by atoms with Crippen molar-refractivity contribution >= 4 is 34.7 Å².